The van der Waals surface area contributed by atoms with Crippen LogP contribution in [0.2, 0.25) is 0 Å². The third-order valence-corrected chi connectivity index (χ3v) is 6.93. The maximum Gasteiger partial charge on any atom is 0.271 e. The molecule has 3 aromatic rings. The third kappa shape index (κ3) is 7.35. The Hall–Kier alpha value is -4.32. The molecule has 0 radical (unpaired) electrons. The number of carbonyl (C=O) groups is 2. The Morgan fingerprint density at radius 3 is 2.24 bits per heavy atom. The number of hydrogen-bond acceptors (Lipinski definition) is 6. The minimum Gasteiger partial charge on any atom is -0.357 e. The first-order valence-corrected chi connectivity index (χ1v) is 13.4. The molecule has 0 unspecified atom stereocenters. The van der Waals surface area contributed by atoms with Crippen molar-refractivity contribution < 1.29 is 27.3 Å². The number of likely N-dealkylation sites (N-methyl/N-ethyl adjacent to an activating group) is 1. The topological polar surface area (TPSA) is 130 Å². The van der Waals surface area contributed by atoms with E-state index in [-0.39, 0.29) is 24.3 Å². The number of nitro benzene ring substituents is 1. The van der Waals surface area contributed by atoms with Gasteiger partial charge in [-0.25, -0.2) is 12.8 Å². The number of non-ortho nitro benzene ring substituents is 1. The standard InChI is InChI=1S/C26H27FN4O6S/c1-28-26(33)24(15-19-7-4-3-5-8-19)29(17-20-11-13-21(27)14-12-20)25(32)18-30(38(2,36)37)22-9-6-10-23(16-22)31(34)35/h3-14,16,24H,15,17-18H2,1-2H3,(H,28,33)/t24-/m1/s1. The van der Waals surface area contributed by atoms with Crippen molar-refractivity contribution in [2.75, 3.05) is 24.2 Å². The lowest BCUT2D eigenvalue weighted by atomic mass is 10.0. The molecule has 10 nitrogen and oxygen atoms in total. The summed E-state index contributed by atoms with van der Waals surface area (Å²) in [5.41, 5.74) is 0.857. The van der Waals surface area contributed by atoms with Gasteiger partial charge in [0.2, 0.25) is 21.8 Å². The first-order valence-electron chi connectivity index (χ1n) is 11.5. The van der Waals surface area contributed by atoms with Gasteiger partial charge in [-0.1, -0.05) is 48.5 Å². The lowest BCUT2D eigenvalue weighted by Gasteiger charge is -2.33. The number of halogens is 1. The van der Waals surface area contributed by atoms with E-state index in [1.165, 1.54) is 54.4 Å². The Morgan fingerprint density at radius 2 is 1.66 bits per heavy atom. The molecule has 0 saturated carbocycles. The molecule has 38 heavy (non-hydrogen) atoms. The highest BCUT2D eigenvalue weighted by molar-refractivity contribution is 7.92. The van der Waals surface area contributed by atoms with Gasteiger partial charge in [0.05, 0.1) is 16.9 Å². The van der Waals surface area contributed by atoms with Gasteiger partial charge in [0.15, 0.2) is 0 Å². The molecule has 0 aliphatic heterocycles. The van der Waals surface area contributed by atoms with Gasteiger partial charge in [-0.05, 0) is 29.3 Å². The number of benzene rings is 3. The number of anilines is 1. The van der Waals surface area contributed by atoms with E-state index in [1.807, 2.05) is 6.07 Å². The molecule has 12 heteroatoms. The minimum atomic E-state index is -4.06. The van der Waals surface area contributed by atoms with Crippen LogP contribution >= 0.6 is 0 Å². The molecule has 0 fully saturated rings. The fraction of sp³-hybridized carbons (Fsp3) is 0.231. The predicted molar refractivity (Wildman–Crippen MR) is 140 cm³/mol. The van der Waals surface area contributed by atoms with Crippen LogP contribution in [0.1, 0.15) is 11.1 Å². The summed E-state index contributed by atoms with van der Waals surface area (Å²) in [7, 11) is -2.64. The monoisotopic (exact) mass is 542 g/mol. The molecule has 0 heterocycles. The van der Waals surface area contributed by atoms with Gasteiger partial charge in [-0.3, -0.25) is 24.0 Å². The number of amides is 2. The van der Waals surface area contributed by atoms with E-state index in [0.717, 1.165) is 22.2 Å². The number of nitro groups is 1. The lowest BCUT2D eigenvalue weighted by Crippen LogP contribution is -2.52. The second-order valence-corrected chi connectivity index (χ2v) is 10.4. The van der Waals surface area contributed by atoms with Crippen molar-refractivity contribution in [1.82, 2.24) is 10.2 Å². The molecular weight excluding hydrogens is 515 g/mol. The summed E-state index contributed by atoms with van der Waals surface area (Å²) < 4.78 is 39.6. The molecular formula is C26H27FN4O6S. The van der Waals surface area contributed by atoms with Crippen LogP contribution in [0, 0.1) is 15.9 Å². The van der Waals surface area contributed by atoms with Crippen LogP contribution < -0.4 is 9.62 Å². The van der Waals surface area contributed by atoms with Gasteiger partial charge in [-0.15, -0.1) is 0 Å². The van der Waals surface area contributed by atoms with Crippen molar-refractivity contribution in [3.8, 4) is 0 Å². The molecule has 3 aromatic carbocycles. The molecule has 0 spiro atoms. The number of sulfonamides is 1. The summed E-state index contributed by atoms with van der Waals surface area (Å²) in [5, 5.41) is 13.8. The molecule has 0 bridgehead atoms. The van der Waals surface area contributed by atoms with Crippen LogP contribution in [0.15, 0.2) is 78.9 Å². The van der Waals surface area contributed by atoms with Crippen molar-refractivity contribution in [1.29, 1.82) is 0 Å². The van der Waals surface area contributed by atoms with Crippen molar-refractivity contribution in [3.63, 3.8) is 0 Å². The van der Waals surface area contributed by atoms with E-state index >= 15 is 0 Å². The van der Waals surface area contributed by atoms with Gasteiger partial charge < -0.3 is 10.2 Å². The fourth-order valence-electron chi connectivity index (χ4n) is 3.88. The Labute approximate surface area is 219 Å². The summed E-state index contributed by atoms with van der Waals surface area (Å²) in [6.07, 6.45) is 1.01. The summed E-state index contributed by atoms with van der Waals surface area (Å²) in [6.45, 7) is -0.833. The number of hydrogen-bond donors (Lipinski definition) is 1. The quantitative estimate of drug-likeness (QED) is 0.293. The SMILES string of the molecule is CNC(=O)[C@@H](Cc1ccccc1)N(Cc1ccc(F)cc1)C(=O)CN(c1cccc([N+](=O)[O-])c1)S(C)(=O)=O. The molecule has 0 aliphatic carbocycles. The van der Waals surface area contributed by atoms with Gasteiger partial charge in [0, 0.05) is 32.1 Å². The average Bonchev–Trinajstić information content (AvgIpc) is 2.89. The average molecular weight is 543 g/mol. The molecule has 0 aromatic heterocycles. The molecule has 3 rings (SSSR count). The largest absolute Gasteiger partial charge is 0.357 e. The molecule has 0 aliphatic rings. The van der Waals surface area contributed by atoms with E-state index < -0.39 is 45.2 Å². The van der Waals surface area contributed by atoms with Crippen LogP contribution in [0.5, 0.6) is 0 Å². The van der Waals surface area contributed by atoms with Crippen molar-refractivity contribution in [3.05, 3.63) is 106 Å². The fourth-order valence-corrected chi connectivity index (χ4v) is 4.72. The minimum absolute atomic E-state index is 0.0728. The summed E-state index contributed by atoms with van der Waals surface area (Å²) in [5.74, 6) is -1.69. The highest BCUT2D eigenvalue weighted by Gasteiger charge is 2.33. The van der Waals surface area contributed by atoms with E-state index in [9.17, 15) is 32.5 Å². The summed E-state index contributed by atoms with van der Waals surface area (Å²) >= 11 is 0. The van der Waals surface area contributed by atoms with Gasteiger partial charge in [0.1, 0.15) is 18.4 Å². The van der Waals surface area contributed by atoms with E-state index in [2.05, 4.69) is 5.32 Å². The lowest BCUT2D eigenvalue weighted by molar-refractivity contribution is -0.384. The Bertz CT molecular complexity index is 1400. The Balaban J connectivity index is 2.03. The third-order valence-electron chi connectivity index (χ3n) is 5.79. The number of nitrogens with zero attached hydrogens (tertiary/aromatic N) is 3. The zero-order valence-electron chi connectivity index (χ0n) is 20.8. The smallest absolute Gasteiger partial charge is 0.271 e. The summed E-state index contributed by atoms with van der Waals surface area (Å²) in [6, 6.07) is 18.2. The van der Waals surface area contributed by atoms with Crippen molar-refractivity contribution in [2.24, 2.45) is 0 Å². The van der Waals surface area contributed by atoms with Crippen LogP contribution in [0.4, 0.5) is 15.8 Å². The highest BCUT2D eigenvalue weighted by atomic mass is 32.2. The van der Waals surface area contributed by atoms with E-state index in [1.54, 1.807) is 24.3 Å². The van der Waals surface area contributed by atoms with E-state index in [4.69, 9.17) is 0 Å². The second kappa shape index (κ2) is 12.3. The highest BCUT2D eigenvalue weighted by Crippen LogP contribution is 2.24. The van der Waals surface area contributed by atoms with Crippen LogP contribution in [0.3, 0.4) is 0 Å². The Morgan fingerprint density at radius 1 is 1.00 bits per heavy atom. The zero-order valence-corrected chi connectivity index (χ0v) is 21.6. The molecule has 0 saturated heterocycles. The van der Waals surface area contributed by atoms with Crippen LogP contribution in [-0.4, -0.2) is 55.9 Å². The maximum absolute atomic E-state index is 13.7. The van der Waals surface area contributed by atoms with Crippen LogP contribution in [-0.2, 0) is 32.6 Å². The zero-order chi connectivity index (χ0) is 27.9. The van der Waals surface area contributed by atoms with Crippen molar-refractivity contribution in [2.45, 2.75) is 19.0 Å². The number of nitrogens with one attached hydrogen (secondary N) is 1. The van der Waals surface area contributed by atoms with Crippen molar-refractivity contribution >= 4 is 33.2 Å². The molecule has 2 amide bonds. The Kier molecular flexibility index (Phi) is 9.13. The van der Waals surface area contributed by atoms with Gasteiger partial charge in [-0.2, -0.15) is 0 Å². The number of carbonyl (C=O) groups excluding carboxylic acids is 2. The molecule has 1 N–H and O–H groups in total. The normalized spacial score (nSPS) is 11.9. The number of rotatable bonds is 11. The second-order valence-electron chi connectivity index (χ2n) is 8.51. The first kappa shape index (κ1) is 28.3. The van der Waals surface area contributed by atoms with Gasteiger partial charge >= 0.3 is 0 Å². The maximum atomic E-state index is 13.7. The van der Waals surface area contributed by atoms with Crippen LogP contribution in [0.25, 0.3) is 0 Å². The van der Waals surface area contributed by atoms with E-state index in [0.29, 0.717) is 5.56 Å². The predicted octanol–water partition coefficient (Wildman–Crippen LogP) is 2.89. The first-order chi connectivity index (χ1) is 18.0. The van der Waals surface area contributed by atoms with Gasteiger partial charge in [0.25, 0.3) is 5.69 Å². The molecule has 1 atom stereocenters. The molecule has 200 valence electrons. The summed E-state index contributed by atoms with van der Waals surface area (Å²) in [4.78, 5) is 38.6.